The average Bonchev–Trinajstić information content (AvgIpc) is 2.38. The van der Waals surface area contributed by atoms with Gasteiger partial charge >= 0.3 is 5.97 Å². The molecule has 0 spiro atoms. The first-order valence-electron chi connectivity index (χ1n) is 6.30. The van der Waals surface area contributed by atoms with Crippen molar-refractivity contribution in [3.63, 3.8) is 0 Å². The molecule has 0 aromatic rings. The van der Waals surface area contributed by atoms with Crippen LogP contribution in [0.3, 0.4) is 0 Å². The van der Waals surface area contributed by atoms with Gasteiger partial charge in [0.2, 0.25) is 5.91 Å². The fraction of sp³-hybridized carbons (Fsp3) is 0.833. The molecule has 1 N–H and O–H groups in total. The summed E-state index contributed by atoms with van der Waals surface area (Å²) < 4.78 is 5.33. The van der Waals surface area contributed by atoms with E-state index in [0.29, 0.717) is 31.9 Å². The Morgan fingerprint density at radius 2 is 2.22 bits per heavy atom. The molecular weight excluding hydrogens is 254 g/mol. The fourth-order valence-corrected chi connectivity index (χ4v) is 3.57. The summed E-state index contributed by atoms with van der Waals surface area (Å²) in [6, 6.07) is -0.661. The third-order valence-corrected chi connectivity index (χ3v) is 4.68. The first-order valence-corrected chi connectivity index (χ1v) is 7.45. The van der Waals surface area contributed by atoms with Gasteiger partial charge in [0.25, 0.3) is 0 Å². The van der Waals surface area contributed by atoms with Crippen LogP contribution in [-0.4, -0.2) is 59.2 Å². The van der Waals surface area contributed by atoms with Crippen LogP contribution >= 0.6 is 11.8 Å². The van der Waals surface area contributed by atoms with Crippen molar-refractivity contribution < 1.29 is 19.4 Å². The third kappa shape index (κ3) is 2.80. The molecule has 18 heavy (non-hydrogen) atoms. The van der Waals surface area contributed by atoms with Crippen LogP contribution in [0, 0.1) is 11.8 Å². The van der Waals surface area contributed by atoms with Gasteiger partial charge < -0.3 is 14.7 Å². The molecule has 0 radical (unpaired) electrons. The van der Waals surface area contributed by atoms with E-state index in [-0.39, 0.29) is 17.7 Å². The van der Waals surface area contributed by atoms with E-state index >= 15 is 0 Å². The fourth-order valence-electron chi connectivity index (χ4n) is 2.53. The Hall–Kier alpha value is -0.750. The number of amides is 1. The van der Waals surface area contributed by atoms with Crippen molar-refractivity contribution in [2.75, 3.05) is 31.3 Å². The highest BCUT2D eigenvalue weighted by atomic mass is 32.2. The molecular formula is C12H19NO4S. The van der Waals surface area contributed by atoms with E-state index < -0.39 is 12.0 Å². The van der Waals surface area contributed by atoms with Gasteiger partial charge in [0, 0.05) is 37.2 Å². The topological polar surface area (TPSA) is 66.8 Å². The van der Waals surface area contributed by atoms with Crippen molar-refractivity contribution in [1.82, 2.24) is 4.90 Å². The second-order valence-corrected chi connectivity index (χ2v) is 6.06. The summed E-state index contributed by atoms with van der Waals surface area (Å²) in [6.45, 7) is 3.73. The number of rotatable bonds is 2. The molecule has 3 unspecified atom stereocenters. The normalized spacial score (nSPS) is 33.2. The van der Waals surface area contributed by atoms with E-state index in [1.165, 1.54) is 0 Å². The van der Waals surface area contributed by atoms with Crippen molar-refractivity contribution in [2.24, 2.45) is 11.8 Å². The van der Waals surface area contributed by atoms with Gasteiger partial charge in [-0.05, 0) is 12.3 Å². The number of carboxylic acid groups (broad SMARTS) is 1. The molecule has 102 valence electrons. The smallest absolute Gasteiger partial charge is 0.327 e. The summed E-state index contributed by atoms with van der Waals surface area (Å²) in [7, 11) is 0. The molecule has 0 aliphatic carbocycles. The third-order valence-electron chi connectivity index (χ3n) is 3.65. The maximum absolute atomic E-state index is 12.5. The van der Waals surface area contributed by atoms with E-state index in [1.807, 2.05) is 6.92 Å². The molecule has 0 aromatic carbocycles. The summed E-state index contributed by atoms with van der Waals surface area (Å²) in [5.74, 6) is 0.527. The number of carbonyl (C=O) groups excluding carboxylic acids is 1. The first-order chi connectivity index (χ1) is 8.61. The highest BCUT2D eigenvalue weighted by Gasteiger charge is 2.38. The number of aliphatic carboxylic acids is 1. The summed E-state index contributed by atoms with van der Waals surface area (Å²) in [4.78, 5) is 25.2. The lowest BCUT2D eigenvalue weighted by atomic mass is 9.88. The van der Waals surface area contributed by atoms with E-state index in [2.05, 4.69) is 0 Å². The molecule has 2 heterocycles. The SMILES string of the molecule is CC1COCCC1C(=O)N1CCSCC1C(=O)O. The number of hydrogen-bond acceptors (Lipinski definition) is 4. The molecule has 0 saturated carbocycles. The molecule has 0 aromatic heterocycles. The quantitative estimate of drug-likeness (QED) is 0.801. The summed E-state index contributed by atoms with van der Waals surface area (Å²) in [5, 5.41) is 9.19. The van der Waals surface area contributed by atoms with Gasteiger partial charge in [-0.1, -0.05) is 6.92 Å². The molecule has 2 rings (SSSR count). The maximum atomic E-state index is 12.5. The molecule has 2 aliphatic heterocycles. The van der Waals surface area contributed by atoms with E-state index in [0.717, 1.165) is 5.75 Å². The zero-order valence-corrected chi connectivity index (χ0v) is 11.3. The van der Waals surface area contributed by atoms with Crippen LogP contribution in [0.25, 0.3) is 0 Å². The summed E-state index contributed by atoms with van der Waals surface area (Å²) in [6.07, 6.45) is 0.704. The van der Waals surface area contributed by atoms with E-state index in [1.54, 1.807) is 16.7 Å². The lowest BCUT2D eigenvalue weighted by molar-refractivity contribution is -0.153. The second-order valence-electron chi connectivity index (χ2n) is 4.91. The van der Waals surface area contributed by atoms with Crippen LogP contribution in [-0.2, 0) is 14.3 Å². The second kappa shape index (κ2) is 5.93. The maximum Gasteiger partial charge on any atom is 0.327 e. The monoisotopic (exact) mass is 273 g/mol. The van der Waals surface area contributed by atoms with Crippen LogP contribution < -0.4 is 0 Å². The Morgan fingerprint density at radius 1 is 1.44 bits per heavy atom. The van der Waals surface area contributed by atoms with Gasteiger partial charge in [-0.3, -0.25) is 4.79 Å². The van der Waals surface area contributed by atoms with Crippen molar-refractivity contribution in [2.45, 2.75) is 19.4 Å². The summed E-state index contributed by atoms with van der Waals surface area (Å²) >= 11 is 1.60. The number of hydrogen-bond donors (Lipinski definition) is 1. The number of carboxylic acids is 1. The predicted octanol–water partition coefficient (Wildman–Crippen LogP) is 0.688. The predicted molar refractivity (Wildman–Crippen MR) is 68.6 cm³/mol. The van der Waals surface area contributed by atoms with Crippen molar-refractivity contribution >= 4 is 23.6 Å². The first kappa shape index (κ1) is 13.7. The number of ether oxygens (including phenoxy) is 1. The van der Waals surface area contributed by atoms with Crippen LogP contribution in [0.2, 0.25) is 0 Å². The zero-order valence-electron chi connectivity index (χ0n) is 10.5. The van der Waals surface area contributed by atoms with Crippen molar-refractivity contribution in [3.8, 4) is 0 Å². The minimum absolute atomic E-state index is 0.00139. The highest BCUT2D eigenvalue weighted by Crippen LogP contribution is 2.27. The Balaban J connectivity index is 2.07. The lowest BCUT2D eigenvalue weighted by Gasteiger charge is -2.38. The van der Waals surface area contributed by atoms with Gasteiger partial charge in [-0.2, -0.15) is 11.8 Å². The summed E-state index contributed by atoms with van der Waals surface area (Å²) in [5.41, 5.74) is 0. The lowest BCUT2D eigenvalue weighted by Crippen LogP contribution is -2.53. The van der Waals surface area contributed by atoms with Gasteiger partial charge in [-0.25, -0.2) is 4.79 Å². The molecule has 1 amide bonds. The van der Waals surface area contributed by atoms with E-state index in [9.17, 15) is 14.7 Å². The van der Waals surface area contributed by atoms with Crippen molar-refractivity contribution in [1.29, 1.82) is 0 Å². The van der Waals surface area contributed by atoms with Gasteiger partial charge in [0.1, 0.15) is 6.04 Å². The van der Waals surface area contributed by atoms with Crippen LogP contribution in [0.15, 0.2) is 0 Å². The standard InChI is InChI=1S/C12H19NO4S/c1-8-6-17-4-2-9(8)11(14)13-3-5-18-7-10(13)12(15)16/h8-10H,2-7H2,1H3,(H,15,16). The van der Waals surface area contributed by atoms with Gasteiger partial charge in [0.15, 0.2) is 0 Å². The molecule has 6 heteroatoms. The average molecular weight is 273 g/mol. The minimum atomic E-state index is -0.893. The number of nitrogens with zero attached hydrogens (tertiary/aromatic N) is 1. The Bertz CT molecular complexity index is 336. The van der Waals surface area contributed by atoms with Gasteiger partial charge in [0.05, 0.1) is 0 Å². The van der Waals surface area contributed by atoms with E-state index in [4.69, 9.17) is 4.74 Å². The Labute approximate surface area is 111 Å². The van der Waals surface area contributed by atoms with Gasteiger partial charge in [-0.15, -0.1) is 0 Å². The van der Waals surface area contributed by atoms with Crippen molar-refractivity contribution in [3.05, 3.63) is 0 Å². The molecule has 3 atom stereocenters. The molecule has 0 bridgehead atoms. The highest BCUT2D eigenvalue weighted by molar-refractivity contribution is 7.99. The molecule has 2 saturated heterocycles. The number of thioether (sulfide) groups is 1. The number of carbonyl (C=O) groups is 2. The largest absolute Gasteiger partial charge is 0.480 e. The van der Waals surface area contributed by atoms with Crippen LogP contribution in [0.4, 0.5) is 0 Å². The molecule has 2 fully saturated rings. The Kier molecular flexibility index (Phi) is 4.50. The Morgan fingerprint density at radius 3 is 2.89 bits per heavy atom. The van der Waals surface area contributed by atoms with Crippen LogP contribution in [0.1, 0.15) is 13.3 Å². The molecule has 2 aliphatic rings. The zero-order chi connectivity index (χ0) is 13.1. The minimum Gasteiger partial charge on any atom is -0.480 e. The van der Waals surface area contributed by atoms with Crippen LogP contribution in [0.5, 0.6) is 0 Å². The molecule has 5 nitrogen and oxygen atoms in total.